The quantitative estimate of drug-likeness (QED) is 0.542. The number of esters is 1. The van der Waals surface area contributed by atoms with Crippen LogP contribution in [0.3, 0.4) is 0 Å². The number of hydrogen-bond acceptors (Lipinski definition) is 5. The van der Waals surface area contributed by atoms with Gasteiger partial charge in [0, 0.05) is 22.0 Å². The van der Waals surface area contributed by atoms with Crippen molar-refractivity contribution in [3.8, 4) is 0 Å². The van der Waals surface area contributed by atoms with Crippen LogP contribution in [-0.2, 0) is 26.4 Å². The molecule has 1 rings (SSSR count). The molecule has 0 fully saturated rings. The van der Waals surface area contributed by atoms with E-state index in [4.69, 9.17) is 4.74 Å². The zero-order valence-corrected chi connectivity index (χ0v) is 17.9. The number of carbonyl (C=O) groups is 1. The van der Waals surface area contributed by atoms with Crippen molar-refractivity contribution in [1.29, 1.82) is 0 Å². The highest BCUT2D eigenvalue weighted by atomic mass is 79.9. The van der Waals surface area contributed by atoms with Gasteiger partial charge < -0.3 is 9.29 Å². The summed E-state index contributed by atoms with van der Waals surface area (Å²) in [7, 11) is 0. The van der Waals surface area contributed by atoms with Gasteiger partial charge in [0.25, 0.3) is 0 Å². The summed E-state index contributed by atoms with van der Waals surface area (Å²) in [6, 6.07) is 3.30. The summed E-state index contributed by atoms with van der Waals surface area (Å²) in [5, 5.41) is 0. The van der Waals surface area contributed by atoms with Crippen molar-refractivity contribution in [2.75, 3.05) is 6.67 Å². The van der Waals surface area contributed by atoms with E-state index in [9.17, 15) is 13.7 Å². The standard InChI is InChI=1S/C17H26BrFN2O3S/c1-15(2,3)24-14(22)10-17(11-19,21-25(23)16(4,5)6)13-9-12(18)7-8-20-13/h7-9,21H,10-11H2,1-6H3/t17-,25?/m1/s1. The number of carbonyl (C=O) groups excluding carboxylic acids is 1. The van der Waals surface area contributed by atoms with Gasteiger partial charge in [0.1, 0.15) is 22.6 Å². The Hall–Kier alpha value is -0.700. The van der Waals surface area contributed by atoms with Crippen molar-refractivity contribution in [3.63, 3.8) is 0 Å². The van der Waals surface area contributed by atoms with Crippen LogP contribution < -0.4 is 4.72 Å². The molecule has 2 atom stereocenters. The van der Waals surface area contributed by atoms with Gasteiger partial charge in [0.15, 0.2) is 0 Å². The van der Waals surface area contributed by atoms with Gasteiger partial charge in [-0.2, -0.15) is 0 Å². The van der Waals surface area contributed by atoms with E-state index in [2.05, 4.69) is 25.6 Å². The van der Waals surface area contributed by atoms with Gasteiger partial charge in [0.05, 0.1) is 12.1 Å². The molecule has 0 bridgehead atoms. The lowest BCUT2D eigenvalue weighted by Crippen LogP contribution is -2.54. The molecule has 5 nitrogen and oxygen atoms in total. The first-order chi connectivity index (χ1) is 11.3. The molecule has 0 aliphatic carbocycles. The van der Waals surface area contributed by atoms with Crippen LogP contribution in [0.2, 0.25) is 0 Å². The van der Waals surface area contributed by atoms with E-state index in [1.54, 1.807) is 53.7 Å². The molecule has 0 saturated carbocycles. The molecule has 1 unspecified atom stereocenters. The maximum atomic E-state index is 14.2. The maximum Gasteiger partial charge on any atom is 0.308 e. The van der Waals surface area contributed by atoms with Gasteiger partial charge >= 0.3 is 5.97 Å². The fraction of sp³-hybridized carbons (Fsp3) is 0.647. The molecule has 142 valence electrons. The lowest BCUT2D eigenvalue weighted by atomic mass is 9.93. The average Bonchev–Trinajstić information content (AvgIpc) is 2.43. The Labute approximate surface area is 160 Å². The zero-order chi connectivity index (χ0) is 19.5. The van der Waals surface area contributed by atoms with E-state index in [-0.39, 0.29) is 12.1 Å². The van der Waals surface area contributed by atoms with Crippen molar-refractivity contribution in [3.05, 3.63) is 28.5 Å². The molecule has 25 heavy (non-hydrogen) atoms. The highest BCUT2D eigenvalue weighted by molar-refractivity contribution is 9.10. The SMILES string of the molecule is CC(C)(C)OC(=O)C[C@](CF)(N[S+]([O-])C(C)(C)C)c1cc(Br)ccn1. The number of pyridine rings is 1. The van der Waals surface area contributed by atoms with Gasteiger partial charge in [-0.05, 0) is 53.7 Å². The summed E-state index contributed by atoms with van der Waals surface area (Å²) in [6.07, 6.45) is 1.17. The molecule has 0 amide bonds. The Morgan fingerprint density at radius 1 is 1.36 bits per heavy atom. The number of hydrogen-bond donors (Lipinski definition) is 1. The molecule has 1 aromatic rings. The number of aromatic nitrogens is 1. The molecular weight excluding hydrogens is 411 g/mol. The summed E-state index contributed by atoms with van der Waals surface area (Å²) in [6.45, 7) is 9.54. The van der Waals surface area contributed by atoms with Gasteiger partial charge in [0.2, 0.25) is 0 Å². The number of nitrogens with one attached hydrogen (secondary N) is 1. The highest BCUT2D eigenvalue weighted by Crippen LogP contribution is 2.31. The van der Waals surface area contributed by atoms with Crippen LogP contribution in [0.5, 0.6) is 0 Å². The first-order valence-corrected chi connectivity index (χ1v) is 9.83. The Kier molecular flexibility index (Phi) is 7.44. The topological polar surface area (TPSA) is 74.3 Å². The molecule has 1 aromatic heterocycles. The van der Waals surface area contributed by atoms with Gasteiger partial charge in [-0.1, -0.05) is 15.9 Å². The van der Waals surface area contributed by atoms with Crippen molar-refractivity contribution in [2.45, 2.75) is 63.9 Å². The number of halogens is 2. The van der Waals surface area contributed by atoms with Crippen LogP contribution in [-0.4, -0.2) is 32.5 Å². The molecule has 0 aromatic carbocycles. The number of nitrogens with zero attached hydrogens (tertiary/aromatic N) is 1. The largest absolute Gasteiger partial charge is 0.598 e. The fourth-order valence-corrected chi connectivity index (χ4v) is 3.17. The Morgan fingerprint density at radius 2 is 1.96 bits per heavy atom. The van der Waals surface area contributed by atoms with Gasteiger partial charge in [-0.25, -0.2) is 4.39 Å². The summed E-state index contributed by atoms with van der Waals surface area (Å²) in [5.74, 6) is -0.592. The van der Waals surface area contributed by atoms with E-state index in [0.717, 1.165) is 0 Å². The first kappa shape index (κ1) is 22.3. The minimum absolute atomic E-state index is 0.285. The zero-order valence-electron chi connectivity index (χ0n) is 15.5. The van der Waals surface area contributed by atoms with Gasteiger partial charge in [-0.15, -0.1) is 4.72 Å². The first-order valence-electron chi connectivity index (χ1n) is 7.89. The number of rotatable bonds is 6. The second-order valence-electron chi connectivity index (χ2n) is 7.82. The normalized spacial score (nSPS) is 16.2. The highest BCUT2D eigenvalue weighted by Gasteiger charge is 2.44. The van der Waals surface area contributed by atoms with Crippen LogP contribution in [0, 0.1) is 0 Å². The van der Waals surface area contributed by atoms with Crippen LogP contribution in [0.1, 0.15) is 53.7 Å². The average molecular weight is 437 g/mol. The Balaban J connectivity index is 3.26. The second-order valence-corrected chi connectivity index (χ2v) is 10.7. The molecule has 0 radical (unpaired) electrons. The second kappa shape index (κ2) is 8.33. The maximum absolute atomic E-state index is 14.2. The van der Waals surface area contributed by atoms with Crippen LogP contribution >= 0.6 is 15.9 Å². The molecule has 8 heteroatoms. The third kappa shape index (κ3) is 6.84. The minimum atomic E-state index is -1.61. The molecule has 1 N–H and O–H groups in total. The van der Waals surface area contributed by atoms with Crippen molar-refractivity contribution in [1.82, 2.24) is 9.71 Å². The molecular formula is C17H26BrFN2O3S. The third-order valence-corrected chi connectivity index (χ3v) is 5.33. The predicted octanol–water partition coefficient (Wildman–Crippen LogP) is 3.79. The van der Waals surface area contributed by atoms with Crippen molar-refractivity contribution < 1.29 is 18.5 Å². The third-order valence-electron chi connectivity index (χ3n) is 3.15. The van der Waals surface area contributed by atoms with E-state index in [1.807, 2.05) is 0 Å². The monoisotopic (exact) mass is 436 g/mol. The van der Waals surface area contributed by atoms with Crippen LogP contribution in [0.15, 0.2) is 22.8 Å². The summed E-state index contributed by atoms with van der Waals surface area (Å²) in [5.41, 5.74) is -1.95. The minimum Gasteiger partial charge on any atom is -0.598 e. The predicted molar refractivity (Wildman–Crippen MR) is 101 cm³/mol. The van der Waals surface area contributed by atoms with Crippen LogP contribution in [0.25, 0.3) is 0 Å². The Bertz CT molecular complexity index is 604. The lowest BCUT2D eigenvalue weighted by Gasteiger charge is -2.35. The van der Waals surface area contributed by atoms with E-state index in [0.29, 0.717) is 4.47 Å². The molecule has 0 aliphatic rings. The van der Waals surface area contributed by atoms with E-state index < -0.39 is 39.9 Å². The molecule has 0 spiro atoms. The van der Waals surface area contributed by atoms with Crippen molar-refractivity contribution in [2.24, 2.45) is 0 Å². The molecule has 1 heterocycles. The summed E-state index contributed by atoms with van der Waals surface area (Å²) < 4.78 is 35.0. The Morgan fingerprint density at radius 3 is 2.40 bits per heavy atom. The van der Waals surface area contributed by atoms with Crippen LogP contribution in [0.4, 0.5) is 4.39 Å². The number of alkyl halides is 1. The van der Waals surface area contributed by atoms with Gasteiger partial charge in [-0.3, -0.25) is 9.78 Å². The van der Waals surface area contributed by atoms with Crippen molar-refractivity contribution >= 4 is 33.3 Å². The summed E-state index contributed by atoms with van der Waals surface area (Å²) >= 11 is 1.72. The fourth-order valence-electron chi connectivity index (χ4n) is 1.94. The molecule has 0 aliphatic heterocycles. The number of ether oxygens (including phenoxy) is 1. The summed E-state index contributed by atoms with van der Waals surface area (Å²) in [4.78, 5) is 16.5. The molecule has 0 saturated heterocycles. The van der Waals surface area contributed by atoms with E-state index >= 15 is 0 Å². The smallest absolute Gasteiger partial charge is 0.308 e. The van der Waals surface area contributed by atoms with E-state index in [1.165, 1.54) is 6.20 Å². The lowest BCUT2D eigenvalue weighted by molar-refractivity contribution is -0.156.